The molecular weight excluding hydrogens is 158 g/mol. The molecule has 0 aliphatic heterocycles. The van der Waals surface area contributed by atoms with Crippen LogP contribution in [0.4, 0.5) is 0 Å². The van der Waals surface area contributed by atoms with Crippen molar-refractivity contribution in [3.63, 3.8) is 0 Å². The molecule has 1 rings (SSSR count). The summed E-state index contributed by atoms with van der Waals surface area (Å²) in [6.45, 7) is 0. The molecular formula is C8H9NO3. The molecule has 1 aromatic rings. The lowest BCUT2D eigenvalue weighted by Crippen LogP contribution is -2.18. The van der Waals surface area contributed by atoms with Crippen molar-refractivity contribution in [3.05, 3.63) is 35.9 Å². The Bertz CT molecular complexity index is 260. The molecule has 0 saturated heterocycles. The van der Waals surface area contributed by atoms with Gasteiger partial charge >= 0.3 is 5.97 Å². The number of hydrogen-bond donors (Lipinski definition) is 2. The topological polar surface area (TPSA) is 72.5 Å². The number of hydrogen-bond acceptors (Lipinski definition) is 4. The van der Waals surface area contributed by atoms with Crippen LogP contribution in [0.5, 0.6) is 0 Å². The highest BCUT2D eigenvalue weighted by Gasteiger charge is 2.17. The minimum Gasteiger partial charge on any atom is -0.377 e. The van der Waals surface area contributed by atoms with E-state index in [9.17, 15) is 9.90 Å². The van der Waals surface area contributed by atoms with Crippen LogP contribution in [0.3, 0.4) is 0 Å². The van der Waals surface area contributed by atoms with E-state index in [4.69, 9.17) is 0 Å². The van der Waals surface area contributed by atoms with E-state index in [2.05, 4.69) is 10.7 Å². The lowest BCUT2D eigenvalue weighted by atomic mass is 10.1. The highest BCUT2D eigenvalue weighted by atomic mass is 16.7. The zero-order valence-corrected chi connectivity index (χ0v) is 6.31. The Morgan fingerprint density at radius 1 is 1.42 bits per heavy atom. The molecule has 1 aromatic carbocycles. The highest BCUT2D eigenvalue weighted by Crippen LogP contribution is 2.12. The van der Waals surface area contributed by atoms with Gasteiger partial charge in [0.1, 0.15) is 0 Å². The second kappa shape index (κ2) is 3.85. The third-order valence-electron chi connectivity index (χ3n) is 1.45. The van der Waals surface area contributed by atoms with Gasteiger partial charge in [-0.2, -0.15) is 5.90 Å². The summed E-state index contributed by atoms with van der Waals surface area (Å²) in [6.07, 6.45) is -1.30. The minimum absolute atomic E-state index is 0.466. The molecule has 0 aliphatic carbocycles. The van der Waals surface area contributed by atoms with E-state index in [0.717, 1.165) is 0 Å². The smallest absolute Gasteiger partial charge is 0.358 e. The summed E-state index contributed by atoms with van der Waals surface area (Å²) in [5, 5.41) is 9.23. The zero-order valence-electron chi connectivity index (χ0n) is 6.31. The quantitative estimate of drug-likeness (QED) is 0.614. The monoisotopic (exact) mass is 167 g/mol. The summed E-state index contributed by atoms with van der Waals surface area (Å²) in [7, 11) is 0. The van der Waals surface area contributed by atoms with Gasteiger partial charge in [0.15, 0.2) is 6.10 Å². The fourth-order valence-electron chi connectivity index (χ4n) is 0.836. The van der Waals surface area contributed by atoms with Crippen molar-refractivity contribution in [2.24, 2.45) is 5.90 Å². The van der Waals surface area contributed by atoms with E-state index in [-0.39, 0.29) is 0 Å². The van der Waals surface area contributed by atoms with E-state index < -0.39 is 12.1 Å². The van der Waals surface area contributed by atoms with Crippen LogP contribution in [0.2, 0.25) is 0 Å². The second-order valence-corrected chi connectivity index (χ2v) is 2.25. The van der Waals surface area contributed by atoms with E-state index in [1.807, 2.05) is 0 Å². The van der Waals surface area contributed by atoms with Crippen LogP contribution in [-0.2, 0) is 9.63 Å². The van der Waals surface area contributed by atoms with Crippen LogP contribution in [0, 0.1) is 0 Å². The Morgan fingerprint density at radius 3 is 2.50 bits per heavy atom. The van der Waals surface area contributed by atoms with Crippen LogP contribution >= 0.6 is 0 Å². The Kier molecular flexibility index (Phi) is 2.79. The van der Waals surface area contributed by atoms with Gasteiger partial charge in [-0.05, 0) is 5.56 Å². The van der Waals surface area contributed by atoms with Gasteiger partial charge in [-0.1, -0.05) is 30.3 Å². The van der Waals surface area contributed by atoms with Crippen molar-refractivity contribution in [1.29, 1.82) is 0 Å². The molecule has 0 aliphatic rings. The van der Waals surface area contributed by atoms with Gasteiger partial charge in [0.2, 0.25) is 0 Å². The SMILES string of the molecule is NOC(=O)[C@H](O)c1ccccc1. The maximum atomic E-state index is 10.7. The summed E-state index contributed by atoms with van der Waals surface area (Å²) in [4.78, 5) is 14.6. The predicted molar refractivity (Wildman–Crippen MR) is 41.7 cm³/mol. The van der Waals surface area contributed by atoms with E-state index in [1.54, 1.807) is 30.3 Å². The summed E-state index contributed by atoms with van der Waals surface area (Å²) >= 11 is 0. The molecule has 0 spiro atoms. The molecule has 4 heteroatoms. The first-order chi connectivity index (χ1) is 5.75. The molecule has 1 atom stereocenters. The fourth-order valence-corrected chi connectivity index (χ4v) is 0.836. The normalized spacial score (nSPS) is 12.2. The summed E-state index contributed by atoms with van der Waals surface area (Å²) in [5.74, 6) is 3.74. The molecule has 0 fully saturated rings. The van der Waals surface area contributed by atoms with Gasteiger partial charge in [-0.3, -0.25) is 0 Å². The van der Waals surface area contributed by atoms with Crippen molar-refractivity contribution in [1.82, 2.24) is 0 Å². The molecule has 0 unspecified atom stereocenters. The molecule has 3 N–H and O–H groups in total. The van der Waals surface area contributed by atoms with Crippen molar-refractivity contribution < 1.29 is 14.7 Å². The average Bonchev–Trinajstić information content (AvgIpc) is 2.17. The molecule has 0 bridgehead atoms. The molecule has 0 amide bonds. The molecule has 64 valence electrons. The maximum Gasteiger partial charge on any atom is 0.358 e. The molecule has 0 aromatic heterocycles. The van der Waals surface area contributed by atoms with Crippen LogP contribution < -0.4 is 5.90 Å². The lowest BCUT2D eigenvalue weighted by Gasteiger charge is -2.06. The van der Waals surface area contributed by atoms with Gasteiger partial charge in [0.05, 0.1) is 0 Å². The first-order valence-electron chi connectivity index (χ1n) is 3.39. The average molecular weight is 167 g/mol. The number of rotatable bonds is 2. The second-order valence-electron chi connectivity index (χ2n) is 2.25. The molecule has 0 heterocycles. The third kappa shape index (κ3) is 1.81. The Balaban J connectivity index is 2.78. The number of nitrogens with two attached hydrogens (primary N) is 1. The van der Waals surface area contributed by atoms with Gasteiger partial charge in [-0.15, -0.1) is 0 Å². The van der Waals surface area contributed by atoms with Gasteiger partial charge in [0.25, 0.3) is 0 Å². The third-order valence-corrected chi connectivity index (χ3v) is 1.45. The van der Waals surface area contributed by atoms with Gasteiger partial charge < -0.3 is 9.94 Å². The Morgan fingerprint density at radius 2 is 2.00 bits per heavy atom. The summed E-state index contributed by atoms with van der Waals surface area (Å²) in [5.41, 5.74) is 0.466. The van der Waals surface area contributed by atoms with Crippen LogP contribution in [0.25, 0.3) is 0 Å². The first-order valence-corrected chi connectivity index (χ1v) is 3.39. The standard InChI is InChI=1S/C8H9NO3/c9-12-8(11)7(10)6-4-2-1-3-5-6/h1-5,7,10H,9H2/t7-/m1/s1. The first kappa shape index (κ1) is 8.70. The zero-order chi connectivity index (χ0) is 8.97. The van der Waals surface area contributed by atoms with E-state index in [1.165, 1.54) is 0 Å². The van der Waals surface area contributed by atoms with Crippen LogP contribution in [0.1, 0.15) is 11.7 Å². The molecule has 4 nitrogen and oxygen atoms in total. The maximum absolute atomic E-state index is 10.7. The van der Waals surface area contributed by atoms with Crippen molar-refractivity contribution in [2.45, 2.75) is 6.10 Å². The lowest BCUT2D eigenvalue weighted by molar-refractivity contribution is -0.154. The van der Waals surface area contributed by atoms with Gasteiger partial charge in [0, 0.05) is 0 Å². The van der Waals surface area contributed by atoms with Crippen molar-refractivity contribution in [2.75, 3.05) is 0 Å². The van der Waals surface area contributed by atoms with Crippen LogP contribution in [0.15, 0.2) is 30.3 Å². The summed E-state index contributed by atoms with van der Waals surface area (Å²) in [6, 6.07) is 8.43. The van der Waals surface area contributed by atoms with Gasteiger partial charge in [-0.25, -0.2) is 4.79 Å². The number of carbonyl (C=O) groups excluding carboxylic acids is 1. The minimum atomic E-state index is -1.30. The Labute approximate surface area is 69.5 Å². The number of benzene rings is 1. The number of carbonyl (C=O) groups is 1. The van der Waals surface area contributed by atoms with Crippen molar-refractivity contribution in [3.8, 4) is 0 Å². The summed E-state index contributed by atoms with van der Waals surface area (Å²) < 4.78 is 0. The molecule has 0 saturated carbocycles. The van der Waals surface area contributed by atoms with Crippen molar-refractivity contribution >= 4 is 5.97 Å². The molecule has 0 radical (unpaired) electrons. The van der Waals surface area contributed by atoms with E-state index >= 15 is 0 Å². The largest absolute Gasteiger partial charge is 0.377 e. The Hall–Kier alpha value is -1.39. The van der Waals surface area contributed by atoms with Crippen LogP contribution in [-0.4, -0.2) is 11.1 Å². The predicted octanol–water partition coefficient (Wildman–Crippen LogP) is 0.137. The highest BCUT2D eigenvalue weighted by molar-refractivity contribution is 5.75. The number of aliphatic hydroxyl groups is 1. The fraction of sp³-hybridized carbons (Fsp3) is 0.125. The number of aliphatic hydroxyl groups excluding tert-OH is 1. The molecule has 12 heavy (non-hydrogen) atoms. The van der Waals surface area contributed by atoms with E-state index in [0.29, 0.717) is 5.56 Å².